The Labute approximate surface area is 125 Å². The van der Waals surface area contributed by atoms with Crippen LogP contribution in [-0.2, 0) is 20.3 Å². The van der Waals surface area contributed by atoms with Crippen LogP contribution in [0.4, 0.5) is 0 Å². The molecule has 1 aliphatic rings. The molecule has 5 nitrogen and oxygen atoms in total. The van der Waals surface area contributed by atoms with Gasteiger partial charge in [0, 0.05) is 23.1 Å². The predicted molar refractivity (Wildman–Crippen MR) is 77.8 cm³/mol. The number of thiazole rings is 2. The Hall–Kier alpha value is -0.830. The van der Waals surface area contributed by atoms with Crippen molar-refractivity contribution in [2.75, 3.05) is 6.61 Å². The largest absolute Gasteiger partial charge is 0.371 e. The van der Waals surface area contributed by atoms with Gasteiger partial charge in [-0.05, 0) is 19.8 Å². The van der Waals surface area contributed by atoms with Crippen molar-refractivity contribution in [1.29, 1.82) is 0 Å². The van der Waals surface area contributed by atoms with E-state index < -0.39 is 9.84 Å². The molecule has 0 bridgehead atoms. The molecule has 0 spiro atoms. The molecule has 1 fully saturated rings. The summed E-state index contributed by atoms with van der Waals surface area (Å²) in [6, 6.07) is 0. The molecule has 0 unspecified atom stereocenters. The molecule has 3 heterocycles. The molecule has 0 radical (unpaired) electrons. The first-order valence-corrected chi connectivity index (χ1v) is 9.66. The minimum atomic E-state index is -3.39. The Balaban J connectivity index is 1.77. The minimum absolute atomic E-state index is 0.0403. The third-order valence-corrected chi connectivity index (χ3v) is 7.06. The Morgan fingerprint density at radius 1 is 1.35 bits per heavy atom. The molecule has 20 heavy (non-hydrogen) atoms. The van der Waals surface area contributed by atoms with Gasteiger partial charge in [0.05, 0.1) is 5.69 Å². The number of nitrogens with zero attached hydrogens (tertiary/aromatic N) is 2. The van der Waals surface area contributed by atoms with E-state index in [2.05, 4.69) is 9.97 Å². The molecule has 1 saturated heterocycles. The lowest BCUT2D eigenvalue weighted by Crippen LogP contribution is -2.05. The number of rotatable bonds is 4. The topological polar surface area (TPSA) is 69.2 Å². The maximum Gasteiger partial charge on any atom is 0.211 e. The summed E-state index contributed by atoms with van der Waals surface area (Å²) in [5.74, 6) is -0.0941. The minimum Gasteiger partial charge on any atom is -0.371 e. The van der Waals surface area contributed by atoms with Crippen LogP contribution in [-0.4, -0.2) is 25.0 Å². The van der Waals surface area contributed by atoms with Gasteiger partial charge in [-0.25, -0.2) is 18.4 Å². The van der Waals surface area contributed by atoms with Gasteiger partial charge in [0.1, 0.15) is 16.9 Å². The predicted octanol–water partition coefficient (Wildman–Crippen LogP) is 2.73. The number of aryl methyl sites for hydroxylation is 1. The Morgan fingerprint density at radius 3 is 2.85 bits per heavy atom. The third kappa shape index (κ3) is 2.93. The highest BCUT2D eigenvalue weighted by molar-refractivity contribution is 7.92. The molecule has 3 rings (SSSR count). The second-order valence-electron chi connectivity index (χ2n) is 4.69. The Morgan fingerprint density at radius 2 is 2.20 bits per heavy atom. The molecule has 8 heteroatoms. The maximum atomic E-state index is 12.2. The molecule has 1 aliphatic heterocycles. The molecular formula is C12H14N2O3S3. The first-order chi connectivity index (χ1) is 9.54. The third-order valence-electron chi connectivity index (χ3n) is 2.98. The lowest BCUT2D eigenvalue weighted by molar-refractivity contribution is 0.111. The first kappa shape index (κ1) is 14.1. The van der Waals surface area contributed by atoms with E-state index in [0.717, 1.165) is 41.5 Å². The standard InChI is InChI=1S/C12H14N2O3S3/c1-8-5-19-12(13-8)20(15,16)7-9-6-18-11(14-9)10-3-2-4-17-10/h5-6,10H,2-4,7H2,1H3/t10-/m1/s1. The number of hydrogen-bond donors (Lipinski definition) is 0. The van der Waals surface area contributed by atoms with Crippen LogP contribution in [0.2, 0.25) is 0 Å². The van der Waals surface area contributed by atoms with E-state index in [1.165, 1.54) is 11.3 Å². The molecule has 2 aromatic heterocycles. The summed E-state index contributed by atoms with van der Waals surface area (Å²) in [5, 5.41) is 4.42. The molecule has 108 valence electrons. The number of sulfone groups is 1. The van der Waals surface area contributed by atoms with Crippen LogP contribution in [0.5, 0.6) is 0 Å². The van der Waals surface area contributed by atoms with Gasteiger partial charge in [0.2, 0.25) is 14.2 Å². The van der Waals surface area contributed by atoms with Crippen molar-refractivity contribution in [3.8, 4) is 0 Å². The van der Waals surface area contributed by atoms with E-state index in [1.54, 1.807) is 17.7 Å². The smallest absolute Gasteiger partial charge is 0.211 e. The maximum absolute atomic E-state index is 12.2. The summed E-state index contributed by atoms with van der Waals surface area (Å²) in [7, 11) is -3.39. The second-order valence-corrected chi connectivity index (χ2v) is 8.60. The number of aromatic nitrogens is 2. The van der Waals surface area contributed by atoms with Gasteiger partial charge >= 0.3 is 0 Å². The lowest BCUT2D eigenvalue weighted by Gasteiger charge is -2.03. The van der Waals surface area contributed by atoms with Crippen molar-refractivity contribution in [3.63, 3.8) is 0 Å². The monoisotopic (exact) mass is 330 g/mol. The van der Waals surface area contributed by atoms with Crippen LogP contribution in [0, 0.1) is 6.92 Å². The summed E-state index contributed by atoms with van der Waals surface area (Å²) in [6.45, 7) is 2.55. The van der Waals surface area contributed by atoms with Gasteiger partial charge < -0.3 is 4.74 Å². The van der Waals surface area contributed by atoms with Crippen LogP contribution in [0.1, 0.15) is 35.3 Å². The fourth-order valence-corrected chi connectivity index (χ4v) is 5.42. The van der Waals surface area contributed by atoms with E-state index in [1.807, 2.05) is 0 Å². The summed E-state index contributed by atoms with van der Waals surface area (Å²) in [4.78, 5) is 8.45. The normalized spacial score (nSPS) is 19.6. The van der Waals surface area contributed by atoms with E-state index >= 15 is 0 Å². The Bertz CT molecular complexity index is 699. The van der Waals surface area contributed by atoms with E-state index in [-0.39, 0.29) is 16.2 Å². The molecule has 0 N–H and O–H groups in total. The second kappa shape index (κ2) is 5.51. The molecule has 0 saturated carbocycles. The summed E-state index contributed by atoms with van der Waals surface area (Å²) in [5.41, 5.74) is 1.31. The van der Waals surface area contributed by atoms with Crippen LogP contribution in [0.3, 0.4) is 0 Å². The lowest BCUT2D eigenvalue weighted by atomic mass is 10.2. The highest BCUT2D eigenvalue weighted by atomic mass is 32.2. The van der Waals surface area contributed by atoms with Crippen LogP contribution < -0.4 is 0 Å². The molecule has 0 aliphatic carbocycles. The van der Waals surface area contributed by atoms with Crippen LogP contribution in [0.25, 0.3) is 0 Å². The zero-order valence-electron chi connectivity index (χ0n) is 10.9. The average Bonchev–Trinajstić information content (AvgIpc) is 3.06. The van der Waals surface area contributed by atoms with Crippen molar-refractivity contribution < 1.29 is 13.2 Å². The van der Waals surface area contributed by atoms with Crippen molar-refractivity contribution >= 4 is 32.5 Å². The zero-order chi connectivity index (χ0) is 14.2. The Kier molecular flexibility index (Phi) is 3.89. The first-order valence-electron chi connectivity index (χ1n) is 6.25. The van der Waals surface area contributed by atoms with Crippen molar-refractivity contribution in [1.82, 2.24) is 9.97 Å². The van der Waals surface area contributed by atoms with Gasteiger partial charge in [-0.3, -0.25) is 0 Å². The highest BCUT2D eigenvalue weighted by Crippen LogP contribution is 2.31. The molecule has 0 aromatic carbocycles. The van der Waals surface area contributed by atoms with E-state index in [4.69, 9.17) is 4.74 Å². The summed E-state index contributed by atoms with van der Waals surface area (Å²) >= 11 is 2.63. The SMILES string of the molecule is Cc1csc(S(=O)(=O)Cc2csc([C@H]3CCCO3)n2)n1. The molecule has 1 atom stereocenters. The molecule has 0 amide bonds. The van der Waals surface area contributed by atoms with E-state index in [9.17, 15) is 8.42 Å². The molecular weight excluding hydrogens is 316 g/mol. The summed E-state index contributed by atoms with van der Waals surface area (Å²) < 4.78 is 30.2. The number of ether oxygens (including phenoxy) is 1. The molecule has 2 aromatic rings. The zero-order valence-corrected chi connectivity index (χ0v) is 13.4. The van der Waals surface area contributed by atoms with Crippen molar-refractivity contribution in [2.24, 2.45) is 0 Å². The quantitative estimate of drug-likeness (QED) is 0.862. The van der Waals surface area contributed by atoms with Crippen molar-refractivity contribution in [3.05, 3.63) is 27.2 Å². The van der Waals surface area contributed by atoms with Crippen molar-refractivity contribution in [2.45, 2.75) is 36.0 Å². The van der Waals surface area contributed by atoms with Crippen LogP contribution >= 0.6 is 22.7 Å². The fourth-order valence-electron chi connectivity index (χ4n) is 2.04. The average molecular weight is 330 g/mol. The van der Waals surface area contributed by atoms with Gasteiger partial charge in [-0.2, -0.15) is 0 Å². The number of hydrogen-bond acceptors (Lipinski definition) is 7. The van der Waals surface area contributed by atoms with E-state index in [0.29, 0.717) is 5.69 Å². The van der Waals surface area contributed by atoms with Gasteiger partial charge in [0.25, 0.3) is 0 Å². The summed E-state index contributed by atoms with van der Waals surface area (Å²) in [6.07, 6.45) is 2.04. The van der Waals surface area contributed by atoms with Gasteiger partial charge in [-0.15, -0.1) is 22.7 Å². The van der Waals surface area contributed by atoms with Gasteiger partial charge in [0.15, 0.2) is 0 Å². The fraction of sp³-hybridized carbons (Fsp3) is 0.500. The van der Waals surface area contributed by atoms with Gasteiger partial charge in [-0.1, -0.05) is 0 Å². The highest BCUT2D eigenvalue weighted by Gasteiger charge is 2.24. The van der Waals surface area contributed by atoms with Crippen LogP contribution in [0.15, 0.2) is 15.1 Å².